The molecule has 0 atom stereocenters. The lowest BCUT2D eigenvalue weighted by Gasteiger charge is -2.04. The smallest absolute Gasteiger partial charge is 0.160 e. The molecule has 1 aromatic rings. The van der Waals surface area contributed by atoms with E-state index < -0.39 is 0 Å². The zero-order valence-corrected chi connectivity index (χ0v) is 12.1. The van der Waals surface area contributed by atoms with E-state index in [4.69, 9.17) is 0 Å². The summed E-state index contributed by atoms with van der Waals surface area (Å²) in [4.78, 5) is 11.1. The van der Waals surface area contributed by atoms with Crippen LogP contribution in [0.15, 0.2) is 30.8 Å². The van der Waals surface area contributed by atoms with Gasteiger partial charge < -0.3 is 0 Å². The number of carbonyl (C=O) groups excluding carboxylic acids is 1. The first-order valence-corrected chi connectivity index (χ1v) is 6.30. The van der Waals surface area contributed by atoms with Crippen molar-refractivity contribution in [2.75, 3.05) is 0 Å². The molecule has 0 amide bonds. The Morgan fingerprint density at radius 2 is 1.41 bits per heavy atom. The SMILES string of the molecule is C=C(C)c1ccccc1C(C)=O.CC.CCC. The van der Waals surface area contributed by atoms with Crippen LogP contribution in [0.1, 0.15) is 63.9 Å². The molecule has 0 aliphatic carbocycles. The Labute approximate surface area is 107 Å². The number of allylic oxidation sites excluding steroid dienone is 1. The Bertz CT molecular complexity index is 304. The first-order valence-electron chi connectivity index (χ1n) is 6.30. The molecule has 0 radical (unpaired) electrons. The number of rotatable bonds is 2. The van der Waals surface area contributed by atoms with E-state index in [0.717, 1.165) is 16.7 Å². The first kappa shape index (κ1) is 18.0. The van der Waals surface area contributed by atoms with E-state index in [0.29, 0.717) is 0 Å². The van der Waals surface area contributed by atoms with Crippen LogP contribution >= 0.6 is 0 Å². The molecule has 0 aliphatic rings. The summed E-state index contributed by atoms with van der Waals surface area (Å²) < 4.78 is 0. The maximum atomic E-state index is 11.1. The normalized spacial score (nSPS) is 8.12. The minimum absolute atomic E-state index is 0.0913. The lowest BCUT2D eigenvalue weighted by atomic mass is 10.00. The molecular weight excluding hydrogens is 208 g/mol. The van der Waals surface area contributed by atoms with Crippen LogP contribution in [0.2, 0.25) is 0 Å². The van der Waals surface area contributed by atoms with E-state index in [9.17, 15) is 4.79 Å². The van der Waals surface area contributed by atoms with Crippen LogP contribution in [0, 0.1) is 0 Å². The van der Waals surface area contributed by atoms with Gasteiger partial charge in [-0.15, -0.1) is 0 Å². The van der Waals surface area contributed by atoms with Gasteiger partial charge in [-0.25, -0.2) is 0 Å². The monoisotopic (exact) mass is 234 g/mol. The van der Waals surface area contributed by atoms with Crippen molar-refractivity contribution >= 4 is 11.4 Å². The Balaban J connectivity index is 0. The van der Waals surface area contributed by atoms with Crippen molar-refractivity contribution in [1.29, 1.82) is 0 Å². The lowest BCUT2D eigenvalue weighted by Crippen LogP contribution is -1.96. The highest BCUT2D eigenvalue weighted by Gasteiger charge is 2.05. The molecule has 1 aromatic carbocycles. The molecule has 17 heavy (non-hydrogen) atoms. The summed E-state index contributed by atoms with van der Waals surface area (Å²) in [6.45, 7) is 15.5. The molecule has 1 rings (SSSR count). The summed E-state index contributed by atoms with van der Waals surface area (Å²) in [6, 6.07) is 7.52. The minimum Gasteiger partial charge on any atom is -0.294 e. The van der Waals surface area contributed by atoms with E-state index in [1.165, 1.54) is 6.42 Å². The Hall–Kier alpha value is -1.37. The van der Waals surface area contributed by atoms with Gasteiger partial charge in [-0.1, -0.05) is 70.5 Å². The number of hydrogen-bond donors (Lipinski definition) is 0. The molecule has 0 N–H and O–H groups in total. The molecule has 0 heterocycles. The van der Waals surface area contributed by atoms with E-state index >= 15 is 0 Å². The van der Waals surface area contributed by atoms with Gasteiger partial charge in [0.2, 0.25) is 0 Å². The summed E-state index contributed by atoms with van der Waals surface area (Å²) in [5.74, 6) is 0.0913. The summed E-state index contributed by atoms with van der Waals surface area (Å²) >= 11 is 0. The fraction of sp³-hybridized carbons (Fsp3) is 0.438. The van der Waals surface area contributed by atoms with E-state index in [1.54, 1.807) is 6.92 Å². The second-order valence-corrected chi connectivity index (χ2v) is 3.59. The third-order valence-corrected chi connectivity index (χ3v) is 1.77. The van der Waals surface area contributed by atoms with Crippen LogP contribution in [0.25, 0.3) is 5.57 Å². The van der Waals surface area contributed by atoms with Crippen molar-refractivity contribution in [3.63, 3.8) is 0 Å². The molecular formula is C16H26O. The van der Waals surface area contributed by atoms with Crippen LogP contribution in [0.4, 0.5) is 0 Å². The first-order chi connectivity index (χ1) is 8.04. The quantitative estimate of drug-likeness (QED) is 0.629. The fourth-order valence-corrected chi connectivity index (χ4v) is 1.16. The Kier molecular flexibility index (Phi) is 11.8. The zero-order chi connectivity index (χ0) is 13.8. The standard InChI is InChI=1S/C11H12O.C3H8.C2H6/c1-8(2)10-6-4-5-7-11(10)9(3)12;1-3-2;1-2/h4-7H,1H2,2-3H3;3H2,1-2H3;1-2H3. The van der Waals surface area contributed by atoms with Gasteiger partial charge in [-0.05, 0) is 19.4 Å². The molecule has 0 saturated heterocycles. The average Bonchev–Trinajstić information content (AvgIpc) is 2.32. The Morgan fingerprint density at radius 1 is 1.06 bits per heavy atom. The van der Waals surface area contributed by atoms with Crippen LogP contribution in [0.3, 0.4) is 0 Å². The number of hydrogen-bond acceptors (Lipinski definition) is 1. The number of benzene rings is 1. The average molecular weight is 234 g/mol. The third kappa shape index (κ3) is 7.51. The number of Topliss-reactive ketones (excluding diaryl/α,β-unsaturated/α-hetero) is 1. The van der Waals surface area contributed by atoms with Crippen molar-refractivity contribution in [2.24, 2.45) is 0 Å². The molecule has 0 aromatic heterocycles. The van der Waals surface area contributed by atoms with E-state index in [2.05, 4.69) is 20.4 Å². The van der Waals surface area contributed by atoms with Gasteiger partial charge in [-0.3, -0.25) is 4.79 Å². The van der Waals surface area contributed by atoms with Gasteiger partial charge in [0.25, 0.3) is 0 Å². The second kappa shape index (κ2) is 11.1. The van der Waals surface area contributed by atoms with E-state index in [1.807, 2.05) is 45.0 Å². The highest BCUT2D eigenvalue weighted by atomic mass is 16.1. The molecule has 96 valence electrons. The fourth-order valence-electron chi connectivity index (χ4n) is 1.16. The van der Waals surface area contributed by atoms with Crippen LogP contribution in [-0.2, 0) is 0 Å². The van der Waals surface area contributed by atoms with Gasteiger partial charge in [0.05, 0.1) is 0 Å². The summed E-state index contributed by atoms with van der Waals surface area (Å²) in [6.07, 6.45) is 1.25. The van der Waals surface area contributed by atoms with Crippen molar-refractivity contribution in [2.45, 2.75) is 48.0 Å². The van der Waals surface area contributed by atoms with Gasteiger partial charge in [0.15, 0.2) is 5.78 Å². The van der Waals surface area contributed by atoms with Crippen molar-refractivity contribution in [3.05, 3.63) is 42.0 Å². The molecule has 1 nitrogen and oxygen atoms in total. The van der Waals surface area contributed by atoms with Gasteiger partial charge in [0.1, 0.15) is 0 Å². The highest BCUT2D eigenvalue weighted by Crippen LogP contribution is 2.16. The lowest BCUT2D eigenvalue weighted by molar-refractivity contribution is 0.101. The highest BCUT2D eigenvalue weighted by molar-refractivity contribution is 5.98. The third-order valence-electron chi connectivity index (χ3n) is 1.77. The zero-order valence-electron chi connectivity index (χ0n) is 12.1. The van der Waals surface area contributed by atoms with Crippen molar-refractivity contribution < 1.29 is 4.79 Å². The predicted molar refractivity (Wildman–Crippen MR) is 78.5 cm³/mol. The predicted octanol–water partition coefficient (Wildman–Crippen LogP) is 5.36. The van der Waals surface area contributed by atoms with E-state index in [-0.39, 0.29) is 5.78 Å². The second-order valence-electron chi connectivity index (χ2n) is 3.59. The Morgan fingerprint density at radius 3 is 1.65 bits per heavy atom. The van der Waals surface area contributed by atoms with Crippen LogP contribution < -0.4 is 0 Å². The molecule has 1 heteroatoms. The number of carbonyl (C=O) groups is 1. The van der Waals surface area contributed by atoms with Gasteiger partial charge in [0, 0.05) is 5.56 Å². The van der Waals surface area contributed by atoms with Gasteiger partial charge >= 0.3 is 0 Å². The molecule has 0 fully saturated rings. The summed E-state index contributed by atoms with van der Waals surface area (Å²) in [7, 11) is 0. The maximum absolute atomic E-state index is 11.1. The van der Waals surface area contributed by atoms with Crippen LogP contribution in [0.5, 0.6) is 0 Å². The minimum atomic E-state index is 0.0913. The topological polar surface area (TPSA) is 17.1 Å². The van der Waals surface area contributed by atoms with Crippen molar-refractivity contribution in [3.8, 4) is 0 Å². The molecule has 0 unspecified atom stereocenters. The molecule has 0 spiro atoms. The molecule has 0 saturated carbocycles. The molecule has 0 aliphatic heterocycles. The summed E-state index contributed by atoms with van der Waals surface area (Å²) in [5.41, 5.74) is 2.64. The summed E-state index contributed by atoms with van der Waals surface area (Å²) in [5, 5.41) is 0. The van der Waals surface area contributed by atoms with Crippen molar-refractivity contribution in [1.82, 2.24) is 0 Å². The largest absolute Gasteiger partial charge is 0.294 e. The number of ketones is 1. The molecule has 0 bridgehead atoms. The van der Waals surface area contributed by atoms with Crippen LogP contribution in [-0.4, -0.2) is 5.78 Å². The maximum Gasteiger partial charge on any atom is 0.160 e. The van der Waals surface area contributed by atoms with Gasteiger partial charge in [-0.2, -0.15) is 0 Å².